The Morgan fingerprint density at radius 1 is 1.36 bits per heavy atom. The molecule has 1 N–H and O–H groups in total. The van der Waals surface area contributed by atoms with Crippen molar-refractivity contribution >= 4 is 15.9 Å². The molecule has 0 aliphatic carbocycles. The number of hydrogen-bond donors (Lipinski definition) is 1. The molecular weight excluding hydrogens is 344 g/mol. The molecule has 1 fully saturated rings. The van der Waals surface area contributed by atoms with Crippen LogP contribution in [0.4, 0.5) is 0 Å². The molecule has 1 heterocycles. The number of amides is 1. The van der Waals surface area contributed by atoms with E-state index in [0.29, 0.717) is 50.5 Å². The van der Waals surface area contributed by atoms with E-state index in [0.717, 1.165) is 0 Å². The predicted octanol–water partition coefficient (Wildman–Crippen LogP) is 1.39. The number of hydrogen-bond acceptors (Lipinski definition) is 5. The van der Waals surface area contributed by atoms with E-state index in [4.69, 9.17) is 9.47 Å². The average Bonchev–Trinajstić information content (AvgIpc) is 3.09. The normalized spacial score (nSPS) is 18.1. The Bertz CT molecular complexity index is 677. The van der Waals surface area contributed by atoms with E-state index in [9.17, 15) is 13.2 Å². The van der Waals surface area contributed by atoms with Crippen LogP contribution in [0.15, 0.2) is 24.3 Å². The minimum atomic E-state index is -3.36. The van der Waals surface area contributed by atoms with Crippen LogP contribution in [0.2, 0.25) is 0 Å². The monoisotopic (exact) mass is 370 g/mol. The average molecular weight is 370 g/mol. The fourth-order valence-electron chi connectivity index (χ4n) is 2.86. The summed E-state index contributed by atoms with van der Waals surface area (Å²) in [6.45, 7) is 2.85. The van der Waals surface area contributed by atoms with Gasteiger partial charge < -0.3 is 14.8 Å². The van der Waals surface area contributed by atoms with Gasteiger partial charge in [-0.15, -0.1) is 0 Å². The van der Waals surface area contributed by atoms with Crippen LogP contribution in [0.5, 0.6) is 11.5 Å². The van der Waals surface area contributed by atoms with Gasteiger partial charge in [0.15, 0.2) is 0 Å². The highest BCUT2D eigenvalue weighted by Crippen LogP contribution is 2.22. The van der Waals surface area contributed by atoms with Gasteiger partial charge in [-0.1, -0.05) is 13.0 Å². The van der Waals surface area contributed by atoms with Crippen molar-refractivity contribution in [2.75, 3.05) is 32.6 Å². The topological polar surface area (TPSA) is 84.9 Å². The van der Waals surface area contributed by atoms with E-state index in [-0.39, 0.29) is 11.7 Å². The van der Waals surface area contributed by atoms with Gasteiger partial charge in [-0.2, -0.15) is 4.31 Å². The number of rotatable bonds is 9. The third-order valence-corrected chi connectivity index (χ3v) is 6.11. The van der Waals surface area contributed by atoms with Crippen LogP contribution in [0.25, 0.3) is 0 Å². The summed E-state index contributed by atoms with van der Waals surface area (Å²) >= 11 is 0. The van der Waals surface area contributed by atoms with Crippen molar-refractivity contribution in [3.05, 3.63) is 24.3 Å². The number of benzene rings is 1. The summed E-state index contributed by atoms with van der Waals surface area (Å²) in [5.74, 6) is 1.17. The molecule has 1 saturated heterocycles. The van der Waals surface area contributed by atoms with E-state index in [1.54, 1.807) is 19.2 Å². The standard InChI is InChI=1S/C17H26N2O5S/c1-3-12-25(21,22)19-10-5-8-16(19)17(20)18-9-11-24-15-7-4-6-14(13-15)23-2/h4,6-7,13,16H,3,5,8-12H2,1-2H3,(H,18,20). The fraction of sp³-hybridized carbons (Fsp3) is 0.588. The third-order valence-electron chi connectivity index (χ3n) is 4.04. The van der Waals surface area contributed by atoms with Crippen molar-refractivity contribution in [3.63, 3.8) is 0 Å². The Morgan fingerprint density at radius 3 is 2.84 bits per heavy atom. The summed E-state index contributed by atoms with van der Waals surface area (Å²) in [5, 5.41) is 2.77. The van der Waals surface area contributed by atoms with Crippen molar-refractivity contribution in [3.8, 4) is 11.5 Å². The van der Waals surface area contributed by atoms with Gasteiger partial charge in [-0.3, -0.25) is 4.79 Å². The summed E-state index contributed by atoms with van der Waals surface area (Å²) in [7, 11) is -1.78. The zero-order valence-electron chi connectivity index (χ0n) is 14.7. The molecule has 2 rings (SSSR count). The Kier molecular flexibility index (Phi) is 7.07. The first-order chi connectivity index (χ1) is 12.0. The summed E-state index contributed by atoms with van der Waals surface area (Å²) < 4.78 is 36.5. The van der Waals surface area contributed by atoms with Crippen LogP contribution in [0, 0.1) is 0 Å². The first-order valence-electron chi connectivity index (χ1n) is 8.52. The number of methoxy groups -OCH3 is 1. The minimum Gasteiger partial charge on any atom is -0.497 e. The summed E-state index contributed by atoms with van der Waals surface area (Å²) in [6.07, 6.45) is 1.81. The molecule has 1 aromatic carbocycles. The van der Waals surface area contributed by atoms with E-state index in [2.05, 4.69) is 5.32 Å². The molecule has 0 spiro atoms. The third kappa shape index (κ3) is 5.34. The van der Waals surface area contributed by atoms with Gasteiger partial charge in [0.25, 0.3) is 0 Å². The molecule has 8 heteroatoms. The second kappa shape index (κ2) is 9.05. The highest BCUT2D eigenvalue weighted by molar-refractivity contribution is 7.89. The lowest BCUT2D eigenvalue weighted by atomic mass is 10.2. The second-order valence-corrected chi connectivity index (χ2v) is 7.94. The van der Waals surface area contributed by atoms with Crippen molar-refractivity contribution < 1.29 is 22.7 Å². The van der Waals surface area contributed by atoms with Crippen LogP contribution in [-0.2, 0) is 14.8 Å². The molecule has 1 atom stereocenters. The number of carbonyl (C=O) groups is 1. The van der Waals surface area contributed by atoms with Crippen LogP contribution < -0.4 is 14.8 Å². The van der Waals surface area contributed by atoms with E-state index < -0.39 is 16.1 Å². The smallest absolute Gasteiger partial charge is 0.238 e. The van der Waals surface area contributed by atoms with E-state index in [1.807, 2.05) is 19.1 Å². The number of nitrogens with one attached hydrogen (secondary N) is 1. The molecular formula is C17H26N2O5S. The maximum atomic E-state index is 12.3. The Morgan fingerprint density at radius 2 is 2.12 bits per heavy atom. The summed E-state index contributed by atoms with van der Waals surface area (Å²) in [6, 6.07) is 6.60. The van der Waals surface area contributed by atoms with Gasteiger partial charge in [-0.05, 0) is 31.4 Å². The molecule has 1 unspecified atom stereocenters. The van der Waals surface area contributed by atoms with Gasteiger partial charge in [0.2, 0.25) is 15.9 Å². The number of nitrogens with zero attached hydrogens (tertiary/aromatic N) is 1. The van der Waals surface area contributed by atoms with Gasteiger partial charge in [0.05, 0.1) is 19.4 Å². The fourth-order valence-corrected chi connectivity index (χ4v) is 4.61. The predicted molar refractivity (Wildman–Crippen MR) is 95.3 cm³/mol. The Hall–Kier alpha value is -1.80. The molecule has 1 amide bonds. The largest absolute Gasteiger partial charge is 0.497 e. The number of sulfonamides is 1. The molecule has 1 aromatic rings. The zero-order valence-corrected chi connectivity index (χ0v) is 15.5. The molecule has 0 radical (unpaired) electrons. The van der Waals surface area contributed by atoms with Crippen LogP contribution in [0.3, 0.4) is 0 Å². The first kappa shape index (κ1) is 19.5. The molecule has 1 aliphatic heterocycles. The molecule has 0 saturated carbocycles. The van der Waals surface area contributed by atoms with Crippen LogP contribution in [-0.4, -0.2) is 57.2 Å². The molecule has 0 bridgehead atoms. The highest BCUT2D eigenvalue weighted by atomic mass is 32.2. The van der Waals surface area contributed by atoms with E-state index >= 15 is 0 Å². The lowest BCUT2D eigenvalue weighted by Crippen LogP contribution is -2.47. The molecule has 140 valence electrons. The van der Waals surface area contributed by atoms with Crippen molar-refractivity contribution in [1.29, 1.82) is 0 Å². The minimum absolute atomic E-state index is 0.0791. The maximum Gasteiger partial charge on any atom is 0.238 e. The summed E-state index contributed by atoms with van der Waals surface area (Å²) in [5.41, 5.74) is 0. The Labute approximate surface area is 149 Å². The van der Waals surface area contributed by atoms with Crippen molar-refractivity contribution in [1.82, 2.24) is 9.62 Å². The second-order valence-electron chi connectivity index (χ2n) is 5.90. The zero-order chi connectivity index (χ0) is 18.3. The van der Waals surface area contributed by atoms with E-state index in [1.165, 1.54) is 4.31 Å². The summed E-state index contributed by atoms with van der Waals surface area (Å²) in [4.78, 5) is 12.3. The molecule has 0 aromatic heterocycles. The molecule has 7 nitrogen and oxygen atoms in total. The van der Waals surface area contributed by atoms with Gasteiger partial charge in [0.1, 0.15) is 24.1 Å². The van der Waals surface area contributed by atoms with Crippen LogP contribution in [0.1, 0.15) is 26.2 Å². The van der Waals surface area contributed by atoms with Gasteiger partial charge in [-0.25, -0.2) is 8.42 Å². The van der Waals surface area contributed by atoms with Gasteiger partial charge in [0, 0.05) is 12.6 Å². The number of ether oxygens (including phenoxy) is 2. The Balaban J connectivity index is 1.81. The quantitative estimate of drug-likeness (QED) is 0.664. The van der Waals surface area contributed by atoms with Crippen molar-refractivity contribution in [2.24, 2.45) is 0 Å². The molecule has 25 heavy (non-hydrogen) atoms. The molecule has 1 aliphatic rings. The highest BCUT2D eigenvalue weighted by Gasteiger charge is 2.37. The lowest BCUT2D eigenvalue weighted by Gasteiger charge is -2.23. The maximum absolute atomic E-state index is 12.3. The SMILES string of the molecule is CCCS(=O)(=O)N1CCCC1C(=O)NCCOc1cccc(OC)c1. The van der Waals surface area contributed by atoms with Gasteiger partial charge >= 0.3 is 0 Å². The lowest BCUT2D eigenvalue weighted by molar-refractivity contribution is -0.124. The van der Waals surface area contributed by atoms with Crippen molar-refractivity contribution in [2.45, 2.75) is 32.2 Å². The first-order valence-corrected chi connectivity index (χ1v) is 10.1. The van der Waals surface area contributed by atoms with Crippen LogP contribution >= 0.6 is 0 Å². The number of carbonyl (C=O) groups excluding carboxylic acids is 1.